The second kappa shape index (κ2) is 15.7. The third-order valence-electron chi connectivity index (χ3n) is 6.78. The van der Waals surface area contributed by atoms with Crippen molar-refractivity contribution in [2.45, 2.75) is 70.9 Å². The van der Waals surface area contributed by atoms with Gasteiger partial charge in [0, 0.05) is 11.6 Å². The van der Waals surface area contributed by atoms with Gasteiger partial charge in [-0.1, -0.05) is 69.6 Å². The minimum Gasteiger partial charge on any atom is -0.497 e. The number of methoxy groups -OCH3 is 3. The minimum atomic E-state index is -2.13. The van der Waals surface area contributed by atoms with E-state index >= 15 is 0 Å². The molecular formula is C29H45BrO7Si. The number of hydrogen-bond acceptors (Lipinski definition) is 7. The van der Waals surface area contributed by atoms with E-state index in [1.54, 1.807) is 21.3 Å². The van der Waals surface area contributed by atoms with E-state index in [-0.39, 0.29) is 6.79 Å². The van der Waals surface area contributed by atoms with Crippen LogP contribution in [0.2, 0.25) is 16.6 Å². The maximum absolute atomic E-state index is 6.90. The molecule has 0 fully saturated rings. The zero-order valence-electron chi connectivity index (χ0n) is 24.3. The molecule has 0 bridgehead atoms. The molecule has 0 N–H and O–H groups in total. The summed E-state index contributed by atoms with van der Waals surface area (Å²) in [6.45, 7) is 14.9. The minimum absolute atomic E-state index is 0.0785. The van der Waals surface area contributed by atoms with Crippen LogP contribution in [0.3, 0.4) is 0 Å². The van der Waals surface area contributed by atoms with E-state index in [0.717, 1.165) is 15.8 Å². The fourth-order valence-electron chi connectivity index (χ4n) is 5.09. The summed E-state index contributed by atoms with van der Waals surface area (Å²) in [4.78, 5) is 0. The number of halogens is 1. The zero-order chi connectivity index (χ0) is 28.3. The van der Waals surface area contributed by atoms with Crippen LogP contribution in [0.15, 0.2) is 40.9 Å². The molecule has 2 rings (SSSR count). The average Bonchev–Trinajstić information content (AvgIpc) is 2.88. The standard InChI is InChI=1S/C29H45BrO7Si/c1-20(2)38(21(3)4,22(5)6)36-18-26(17-34-16-23-10-12-25(32-8)13-11-23)37-29-27(33-9)14-24(30)15-28(29)35-19-31-7/h10-15,20-22,26H,16-19H2,1-9H3/t26-/m1/s1. The van der Waals surface area contributed by atoms with E-state index in [9.17, 15) is 0 Å². The third-order valence-corrected chi connectivity index (χ3v) is 13.3. The van der Waals surface area contributed by atoms with Crippen LogP contribution in [0.25, 0.3) is 0 Å². The summed E-state index contributed by atoms with van der Waals surface area (Å²) in [5.41, 5.74) is 2.40. The van der Waals surface area contributed by atoms with Gasteiger partial charge in [-0.2, -0.15) is 0 Å². The number of hydrogen-bond donors (Lipinski definition) is 0. The van der Waals surface area contributed by atoms with Crippen LogP contribution in [0.5, 0.6) is 23.0 Å². The largest absolute Gasteiger partial charge is 0.497 e. The zero-order valence-corrected chi connectivity index (χ0v) is 26.9. The van der Waals surface area contributed by atoms with E-state index in [4.69, 9.17) is 32.8 Å². The molecule has 0 heterocycles. The van der Waals surface area contributed by atoms with E-state index in [1.807, 2.05) is 36.4 Å². The van der Waals surface area contributed by atoms with E-state index in [2.05, 4.69) is 57.5 Å². The molecule has 0 aromatic heterocycles. The molecule has 0 saturated carbocycles. The molecule has 2 aromatic carbocycles. The average molecular weight is 614 g/mol. The Morgan fingerprint density at radius 3 is 1.92 bits per heavy atom. The molecule has 214 valence electrons. The Labute approximate surface area is 238 Å². The molecule has 0 spiro atoms. The monoisotopic (exact) mass is 612 g/mol. The third kappa shape index (κ3) is 8.61. The molecule has 0 unspecified atom stereocenters. The van der Waals surface area contributed by atoms with Crippen LogP contribution in [-0.2, 0) is 20.5 Å². The summed E-state index contributed by atoms with van der Waals surface area (Å²) in [7, 11) is 2.71. The lowest BCUT2D eigenvalue weighted by molar-refractivity contribution is 0.00847. The first-order valence-corrected chi connectivity index (χ1v) is 16.0. The van der Waals surface area contributed by atoms with E-state index < -0.39 is 14.4 Å². The van der Waals surface area contributed by atoms with Crippen LogP contribution in [0.1, 0.15) is 47.1 Å². The van der Waals surface area contributed by atoms with Crippen LogP contribution < -0.4 is 18.9 Å². The summed E-state index contributed by atoms with van der Waals surface area (Å²) in [6, 6.07) is 11.5. The first-order chi connectivity index (χ1) is 18.1. The van der Waals surface area contributed by atoms with Crippen LogP contribution in [-0.4, -0.2) is 55.8 Å². The quantitative estimate of drug-likeness (QED) is 0.134. The predicted octanol–water partition coefficient (Wildman–Crippen LogP) is 7.61. The fourth-order valence-corrected chi connectivity index (χ4v) is 11.0. The highest BCUT2D eigenvalue weighted by Crippen LogP contribution is 2.44. The summed E-state index contributed by atoms with van der Waals surface area (Å²) >= 11 is 3.52. The topological polar surface area (TPSA) is 64.6 Å². The molecule has 0 aliphatic carbocycles. The van der Waals surface area contributed by atoms with Crippen molar-refractivity contribution in [3.63, 3.8) is 0 Å². The van der Waals surface area contributed by atoms with Crippen molar-refractivity contribution < 1.29 is 32.8 Å². The molecule has 9 heteroatoms. The maximum Gasteiger partial charge on any atom is 0.204 e. The first-order valence-electron chi connectivity index (χ1n) is 13.1. The Morgan fingerprint density at radius 1 is 0.789 bits per heavy atom. The molecule has 0 saturated heterocycles. The molecule has 1 atom stereocenters. The lowest BCUT2D eigenvalue weighted by atomic mass is 10.2. The van der Waals surface area contributed by atoms with Gasteiger partial charge in [-0.3, -0.25) is 0 Å². The van der Waals surface area contributed by atoms with Gasteiger partial charge in [-0.05, 0) is 46.5 Å². The molecule has 7 nitrogen and oxygen atoms in total. The fraction of sp³-hybridized carbons (Fsp3) is 0.586. The van der Waals surface area contributed by atoms with Gasteiger partial charge >= 0.3 is 0 Å². The summed E-state index contributed by atoms with van der Waals surface area (Å²) < 4.78 is 42.3. The Bertz CT molecular complexity index is 944. The van der Waals surface area contributed by atoms with Gasteiger partial charge in [0.1, 0.15) is 11.9 Å². The van der Waals surface area contributed by atoms with Crippen molar-refractivity contribution in [1.82, 2.24) is 0 Å². The van der Waals surface area contributed by atoms with Gasteiger partial charge < -0.3 is 32.8 Å². The van der Waals surface area contributed by atoms with Gasteiger partial charge in [-0.25, -0.2) is 0 Å². The van der Waals surface area contributed by atoms with Crippen molar-refractivity contribution in [2.24, 2.45) is 0 Å². The lowest BCUT2D eigenvalue weighted by Gasteiger charge is -2.43. The van der Waals surface area contributed by atoms with Crippen molar-refractivity contribution >= 4 is 24.2 Å². The number of rotatable bonds is 17. The van der Waals surface area contributed by atoms with Crippen molar-refractivity contribution in [2.75, 3.05) is 41.3 Å². The Hall–Kier alpha value is -1.78. The van der Waals surface area contributed by atoms with Gasteiger partial charge in [0.15, 0.2) is 18.3 Å². The van der Waals surface area contributed by atoms with Gasteiger partial charge in [-0.15, -0.1) is 0 Å². The first kappa shape index (κ1) is 32.4. The van der Waals surface area contributed by atoms with Crippen molar-refractivity contribution in [1.29, 1.82) is 0 Å². The number of benzene rings is 2. The second-order valence-corrected chi connectivity index (χ2v) is 16.6. The van der Waals surface area contributed by atoms with Crippen LogP contribution in [0.4, 0.5) is 0 Å². The van der Waals surface area contributed by atoms with Crippen LogP contribution in [0, 0.1) is 0 Å². The normalized spacial score (nSPS) is 12.8. The molecule has 2 aromatic rings. The van der Waals surface area contributed by atoms with Crippen LogP contribution >= 0.6 is 15.9 Å². The maximum atomic E-state index is 6.90. The molecule has 38 heavy (non-hydrogen) atoms. The number of ether oxygens (including phenoxy) is 6. The summed E-state index contributed by atoms with van der Waals surface area (Å²) in [6.07, 6.45) is -0.392. The molecular weight excluding hydrogens is 568 g/mol. The highest BCUT2D eigenvalue weighted by Gasteiger charge is 2.45. The van der Waals surface area contributed by atoms with Crippen molar-refractivity contribution in [3.8, 4) is 23.0 Å². The lowest BCUT2D eigenvalue weighted by Crippen LogP contribution is -2.50. The predicted molar refractivity (Wildman–Crippen MR) is 157 cm³/mol. The molecule has 0 radical (unpaired) electrons. The highest BCUT2D eigenvalue weighted by atomic mass is 79.9. The summed E-state index contributed by atoms with van der Waals surface area (Å²) in [5, 5.41) is 0. The Morgan fingerprint density at radius 2 is 1.39 bits per heavy atom. The molecule has 0 amide bonds. The van der Waals surface area contributed by atoms with Gasteiger partial charge in [0.2, 0.25) is 14.1 Å². The highest BCUT2D eigenvalue weighted by molar-refractivity contribution is 9.10. The Kier molecular flexibility index (Phi) is 13.4. The van der Waals surface area contributed by atoms with Gasteiger partial charge in [0.05, 0.1) is 34.0 Å². The molecule has 0 aliphatic rings. The van der Waals surface area contributed by atoms with E-state index in [1.165, 1.54) is 0 Å². The summed E-state index contributed by atoms with van der Waals surface area (Å²) in [5.74, 6) is 2.36. The SMILES string of the molecule is COCOc1cc(Br)cc(OC)c1O[C@H](COCc1ccc(OC)cc1)CO[Si](C(C)C)(C(C)C)C(C)C. The smallest absolute Gasteiger partial charge is 0.204 e. The van der Waals surface area contributed by atoms with E-state index in [0.29, 0.717) is 53.7 Å². The Balaban J connectivity index is 2.32. The second-order valence-electron chi connectivity index (χ2n) is 10.2. The van der Waals surface area contributed by atoms with Crippen molar-refractivity contribution in [3.05, 3.63) is 46.4 Å². The molecule has 0 aliphatic heterocycles. The van der Waals surface area contributed by atoms with Gasteiger partial charge in [0.25, 0.3) is 0 Å².